The van der Waals surface area contributed by atoms with E-state index in [-0.39, 0.29) is 5.79 Å². The van der Waals surface area contributed by atoms with Crippen LogP contribution in [0.2, 0.25) is 0 Å². The minimum Gasteiger partial charge on any atom is -0.348 e. The van der Waals surface area contributed by atoms with Gasteiger partial charge in [0, 0.05) is 0 Å². The summed E-state index contributed by atoms with van der Waals surface area (Å²) >= 11 is 0. The van der Waals surface area contributed by atoms with Gasteiger partial charge in [0.1, 0.15) is 0 Å². The van der Waals surface area contributed by atoms with Crippen molar-refractivity contribution in [2.24, 2.45) is 0 Å². The van der Waals surface area contributed by atoms with Crippen molar-refractivity contribution in [2.75, 3.05) is 6.61 Å². The molecular weight excluding hydrogens is 140 g/mol. The molecule has 0 amide bonds. The third-order valence-electron chi connectivity index (χ3n) is 1.95. The Morgan fingerprint density at radius 1 is 1.45 bits per heavy atom. The highest BCUT2D eigenvalue weighted by molar-refractivity contribution is 4.70. The van der Waals surface area contributed by atoms with Crippen molar-refractivity contribution in [3.05, 3.63) is 0 Å². The van der Waals surface area contributed by atoms with Gasteiger partial charge < -0.3 is 9.47 Å². The fourth-order valence-electron chi connectivity index (χ4n) is 1.34. The zero-order valence-electron chi connectivity index (χ0n) is 7.72. The number of hydrogen-bond acceptors (Lipinski definition) is 2. The van der Waals surface area contributed by atoms with Crippen LogP contribution < -0.4 is 0 Å². The average Bonchev–Trinajstić information content (AvgIpc) is 2.26. The Bertz CT molecular complexity index is 121. The van der Waals surface area contributed by atoms with Crippen molar-refractivity contribution >= 4 is 0 Å². The molecule has 1 atom stereocenters. The minimum absolute atomic E-state index is 0.335. The van der Waals surface area contributed by atoms with Crippen molar-refractivity contribution in [2.45, 2.75) is 51.9 Å². The van der Waals surface area contributed by atoms with E-state index < -0.39 is 0 Å². The summed E-state index contributed by atoms with van der Waals surface area (Å²) < 4.78 is 11.1. The summed E-state index contributed by atoms with van der Waals surface area (Å²) in [6.07, 6.45) is 3.95. The van der Waals surface area contributed by atoms with Gasteiger partial charge in [-0.2, -0.15) is 0 Å². The molecule has 0 aromatic heterocycles. The fourth-order valence-corrected chi connectivity index (χ4v) is 1.34. The molecule has 2 nitrogen and oxygen atoms in total. The summed E-state index contributed by atoms with van der Waals surface area (Å²) in [6.45, 7) is 6.91. The Morgan fingerprint density at radius 3 is 2.64 bits per heavy atom. The van der Waals surface area contributed by atoms with Crippen LogP contribution in [0.15, 0.2) is 0 Å². The topological polar surface area (TPSA) is 18.5 Å². The smallest absolute Gasteiger partial charge is 0.163 e. The van der Waals surface area contributed by atoms with Crippen LogP contribution in [0.5, 0.6) is 0 Å². The monoisotopic (exact) mass is 158 g/mol. The molecule has 0 aromatic rings. The van der Waals surface area contributed by atoms with Gasteiger partial charge in [-0.3, -0.25) is 0 Å². The third kappa shape index (κ3) is 2.80. The Labute approximate surface area is 68.9 Å². The molecule has 0 aromatic carbocycles. The first-order chi connectivity index (χ1) is 5.14. The van der Waals surface area contributed by atoms with Crippen molar-refractivity contribution < 1.29 is 9.47 Å². The molecule has 1 saturated heterocycles. The number of unbranched alkanes of at least 4 members (excludes halogenated alkanes) is 1. The first-order valence-electron chi connectivity index (χ1n) is 4.46. The van der Waals surface area contributed by atoms with Crippen LogP contribution in [0.1, 0.15) is 40.0 Å². The van der Waals surface area contributed by atoms with Gasteiger partial charge in [-0.25, -0.2) is 0 Å². The van der Waals surface area contributed by atoms with Gasteiger partial charge in [0.15, 0.2) is 5.79 Å². The van der Waals surface area contributed by atoms with Crippen molar-refractivity contribution in [1.82, 2.24) is 0 Å². The van der Waals surface area contributed by atoms with Crippen LogP contribution >= 0.6 is 0 Å². The normalized spacial score (nSPS) is 29.2. The van der Waals surface area contributed by atoms with Crippen molar-refractivity contribution in [3.63, 3.8) is 0 Å². The van der Waals surface area contributed by atoms with Crippen LogP contribution in [0.25, 0.3) is 0 Å². The van der Waals surface area contributed by atoms with Gasteiger partial charge in [-0.1, -0.05) is 19.8 Å². The number of hydrogen-bond donors (Lipinski definition) is 0. The van der Waals surface area contributed by atoms with E-state index in [1.54, 1.807) is 0 Å². The van der Waals surface area contributed by atoms with Crippen molar-refractivity contribution in [3.8, 4) is 0 Å². The molecule has 66 valence electrons. The average molecular weight is 158 g/mol. The van der Waals surface area contributed by atoms with Crippen LogP contribution in [-0.4, -0.2) is 18.5 Å². The molecule has 2 heteroatoms. The molecule has 0 spiro atoms. The second-order valence-electron chi connectivity index (χ2n) is 3.59. The highest BCUT2D eigenvalue weighted by Crippen LogP contribution is 2.24. The standard InChI is InChI=1S/C9H18O2/c1-4-5-6-8-7-10-9(2,3)11-8/h8H,4-7H2,1-3H3/t8-/m1/s1. The Balaban J connectivity index is 2.20. The van der Waals surface area contributed by atoms with Gasteiger partial charge in [0.2, 0.25) is 0 Å². The zero-order chi connectivity index (χ0) is 8.32. The van der Waals surface area contributed by atoms with Crippen molar-refractivity contribution in [1.29, 1.82) is 0 Å². The molecular formula is C9H18O2. The van der Waals surface area contributed by atoms with Crippen LogP contribution in [-0.2, 0) is 9.47 Å². The third-order valence-corrected chi connectivity index (χ3v) is 1.95. The highest BCUT2D eigenvalue weighted by atomic mass is 16.7. The molecule has 0 radical (unpaired) electrons. The highest BCUT2D eigenvalue weighted by Gasteiger charge is 2.31. The summed E-state index contributed by atoms with van der Waals surface area (Å²) in [4.78, 5) is 0. The molecule has 0 aliphatic carbocycles. The predicted octanol–water partition coefficient (Wildman–Crippen LogP) is 2.33. The molecule has 0 N–H and O–H groups in total. The summed E-state index contributed by atoms with van der Waals surface area (Å²) in [5.41, 5.74) is 0. The minimum atomic E-state index is -0.335. The van der Waals surface area contributed by atoms with Gasteiger partial charge in [-0.05, 0) is 20.3 Å². The number of ether oxygens (including phenoxy) is 2. The Morgan fingerprint density at radius 2 is 2.18 bits per heavy atom. The molecule has 0 saturated carbocycles. The molecule has 1 rings (SSSR count). The van der Waals surface area contributed by atoms with E-state index in [0.717, 1.165) is 13.0 Å². The van der Waals surface area contributed by atoms with E-state index in [1.165, 1.54) is 12.8 Å². The van der Waals surface area contributed by atoms with Crippen LogP contribution in [0.4, 0.5) is 0 Å². The van der Waals surface area contributed by atoms with Crippen LogP contribution in [0, 0.1) is 0 Å². The molecule has 0 bridgehead atoms. The Kier molecular flexibility index (Phi) is 2.90. The molecule has 1 aliphatic rings. The van der Waals surface area contributed by atoms with E-state index in [4.69, 9.17) is 9.47 Å². The maximum atomic E-state index is 5.63. The molecule has 11 heavy (non-hydrogen) atoms. The summed E-state index contributed by atoms with van der Waals surface area (Å²) in [5.74, 6) is -0.335. The van der Waals surface area contributed by atoms with E-state index in [2.05, 4.69) is 6.92 Å². The Hall–Kier alpha value is -0.0800. The SMILES string of the molecule is CCCC[C@@H]1COC(C)(C)O1. The van der Waals surface area contributed by atoms with E-state index >= 15 is 0 Å². The van der Waals surface area contributed by atoms with E-state index in [9.17, 15) is 0 Å². The molecule has 1 aliphatic heterocycles. The van der Waals surface area contributed by atoms with Gasteiger partial charge in [0.05, 0.1) is 12.7 Å². The zero-order valence-corrected chi connectivity index (χ0v) is 7.72. The second kappa shape index (κ2) is 3.55. The molecule has 1 fully saturated rings. The van der Waals surface area contributed by atoms with E-state index in [0.29, 0.717) is 6.10 Å². The largest absolute Gasteiger partial charge is 0.348 e. The number of rotatable bonds is 3. The maximum Gasteiger partial charge on any atom is 0.163 e. The fraction of sp³-hybridized carbons (Fsp3) is 1.00. The van der Waals surface area contributed by atoms with Gasteiger partial charge in [0.25, 0.3) is 0 Å². The molecule has 0 unspecified atom stereocenters. The summed E-state index contributed by atoms with van der Waals surface area (Å²) in [7, 11) is 0. The summed E-state index contributed by atoms with van der Waals surface area (Å²) in [6, 6.07) is 0. The van der Waals surface area contributed by atoms with Gasteiger partial charge >= 0.3 is 0 Å². The molecule has 1 heterocycles. The quantitative estimate of drug-likeness (QED) is 0.627. The first-order valence-corrected chi connectivity index (χ1v) is 4.46. The van der Waals surface area contributed by atoms with Crippen LogP contribution in [0.3, 0.4) is 0 Å². The predicted molar refractivity (Wildman–Crippen MR) is 44.4 cm³/mol. The summed E-state index contributed by atoms with van der Waals surface area (Å²) in [5, 5.41) is 0. The second-order valence-corrected chi connectivity index (χ2v) is 3.59. The first kappa shape index (κ1) is 9.01. The lowest BCUT2D eigenvalue weighted by Crippen LogP contribution is -2.21. The lowest BCUT2D eigenvalue weighted by Gasteiger charge is -2.16. The van der Waals surface area contributed by atoms with Gasteiger partial charge in [-0.15, -0.1) is 0 Å². The maximum absolute atomic E-state index is 5.63. The lowest BCUT2D eigenvalue weighted by atomic mass is 10.2. The van der Waals surface area contributed by atoms with E-state index in [1.807, 2.05) is 13.8 Å². The lowest BCUT2D eigenvalue weighted by molar-refractivity contribution is -0.139.